The van der Waals surface area contributed by atoms with Gasteiger partial charge in [0.1, 0.15) is 0 Å². The third-order valence-corrected chi connectivity index (χ3v) is 7.05. The van der Waals surface area contributed by atoms with Crippen LogP contribution in [-0.4, -0.2) is 70.9 Å². The van der Waals surface area contributed by atoms with E-state index in [4.69, 9.17) is 0 Å². The van der Waals surface area contributed by atoms with Gasteiger partial charge in [-0.2, -0.15) is 0 Å². The van der Waals surface area contributed by atoms with Crippen LogP contribution in [0.3, 0.4) is 0 Å². The van der Waals surface area contributed by atoms with Gasteiger partial charge < -0.3 is 4.90 Å². The molecule has 1 atom stereocenters. The van der Waals surface area contributed by atoms with Crippen molar-refractivity contribution in [2.45, 2.75) is 58.5 Å². The molecule has 2 aliphatic rings. The highest BCUT2D eigenvalue weighted by atomic mass is 32.1. The SMILES string of the molecule is CCc1nc(C)sc1CN1CCN(C)[C@@]2(CCC(=O)N(CC)CC2)C1. The van der Waals surface area contributed by atoms with E-state index in [0.717, 1.165) is 58.5 Å². The summed E-state index contributed by atoms with van der Waals surface area (Å²) in [6.45, 7) is 12.4. The molecule has 2 aliphatic heterocycles. The van der Waals surface area contributed by atoms with Gasteiger partial charge in [-0.15, -0.1) is 11.3 Å². The van der Waals surface area contributed by atoms with E-state index >= 15 is 0 Å². The zero-order chi connectivity index (χ0) is 18.0. The van der Waals surface area contributed by atoms with Crippen molar-refractivity contribution in [3.8, 4) is 0 Å². The summed E-state index contributed by atoms with van der Waals surface area (Å²) < 4.78 is 0. The van der Waals surface area contributed by atoms with Crippen molar-refractivity contribution >= 4 is 17.2 Å². The molecular formula is C19H32N4OS. The fourth-order valence-corrected chi connectivity index (χ4v) is 5.43. The van der Waals surface area contributed by atoms with Gasteiger partial charge in [-0.05, 0) is 40.2 Å². The fraction of sp³-hybridized carbons (Fsp3) is 0.789. The van der Waals surface area contributed by atoms with E-state index in [-0.39, 0.29) is 5.54 Å². The summed E-state index contributed by atoms with van der Waals surface area (Å²) >= 11 is 1.85. The molecule has 5 nitrogen and oxygen atoms in total. The molecule has 2 saturated heterocycles. The lowest BCUT2D eigenvalue weighted by molar-refractivity contribution is -0.130. The molecule has 0 aromatic carbocycles. The highest BCUT2D eigenvalue weighted by Crippen LogP contribution is 2.33. The van der Waals surface area contributed by atoms with Crippen LogP contribution < -0.4 is 0 Å². The van der Waals surface area contributed by atoms with Crippen molar-refractivity contribution in [1.82, 2.24) is 19.7 Å². The van der Waals surface area contributed by atoms with Crippen molar-refractivity contribution < 1.29 is 4.79 Å². The molecule has 0 N–H and O–H groups in total. The largest absolute Gasteiger partial charge is 0.343 e. The number of thiazole rings is 1. The Kier molecular flexibility index (Phi) is 5.81. The smallest absolute Gasteiger partial charge is 0.222 e. The first-order chi connectivity index (χ1) is 12.0. The van der Waals surface area contributed by atoms with Crippen LogP contribution in [0, 0.1) is 6.92 Å². The van der Waals surface area contributed by atoms with Gasteiger partial charge >= 0.3 is 0 Å². The van der Waals surface area contributed by atoms with Crippen LogP contribution in [0.1, 0.15) is 48.7 Å². The van der Waals surface area contributed by atoms with Gasteiger partial charge in [0, 0.05) is 56.1 Å². The monoisotopic (exact) mass is 364 g/mol. The van der Waals surface area contributed by atoms with Gasteiger partial charge in [-0.1, -0.05) is 6.92 Å². The Balaban J connectivity index is 1.73. The van der Waals surface area contributed by atoms with E-state index in [9.17, 15) is 4.79 Å². The molecule has 0 unspecified atom stereocenters. The minimum atomic E-state index is 0.143. The Morgan fingerprint density at radius 2 is 2.00 bits per heavy atom. The maximum absolute atomic E-state index is 12.3. The Hall–Kier alpha value is -0.980. The maximum atomic E-state index is 12.3. The van der Waals surface area contributed by atoms with Gasteiger partial charge in [-0.3, -0.25) is 14.6 Å². The number of carbonyl (C=O) groups is 1. The summed E-state index contributed by atoms with van der Waals surface area (Å²) in [6.07, 6.45) is 3.77. The van der Waals surface area contributed by atoms with Gasteiger partial charge in [0.25, 0.3) is 0 Å². The number of likely N-dealkylation sites (tertiary alicyclic amines) is 1. The lowest BCUT2D eigenvalue weighted by Crippen LogP contribution is -2.60. The molecule has 0 saturated carbocycles. The van der Waals surface area contributed by atoms with Crippen molar-refractivity contribution in [2.75, 3.05) is 39.8 Å². The van der Waals surface area contributed by atoms with E-state index in [0.29, 0.717) is 12.3 Å². The number of aryl methyl sites for hydroxylation is 2. The molecule has 0 bridgehead atoms. The second-order valence-electron chi connectivity index (χ2n) is 7.54. The summed E-state index contributed by atoms with van der Waals surface area (Å²) in [6, 6.07) is 0. The number of hydrogen-bond donors (Lipinski definition) is 0. The van der Waals surface area contributed by atoms with Crippen molar-refractivity contribution in [1.29, 1.82) is 0 Å². The third-order valence-electron chi connectivity index (χ3n) is 6.05. The van der Waals surface area contributed by atoms with Crippen LogP contribution in [0.25, 0.3) is 0 Å². The number of aromatic nitrogens is 1. The van der Waals surface area contributed by atoms with Crippen molar-refractivity contribution in [2.24, 2.45) is 0 Å². The predicted molar refractivity (Wildman–Crippen MR) is 103 cm³/mol. The van der Waals surface area contributed by atoms with Crippen molar-refractivity contribution in [3.05, 3.63) is 15.6 Å². The van der Waals surface area contributed by atoms with E-state index in [1.54, 1.807) is 0 Å². The molecule has 3 heterocycles. The van der Waals surface area contributed by atoms with Gasteiger partial charge in [0.05, 0.1) is 10.7 Å². The topological polar surface area (TPSA) is 39.7 Å². The molecule has 25 heavy (non-hydrogen) atoms. The Morgan fingerprint density at radius 1 is 1.20 bits per heavy atom. The van der Waals surface area contributed by atoms with E-state index in [2.05, 4.69) is 42.6 Å². The first kappa shape index (κ1) is 18.8. The molecule has 1 amide bonds. The Labute approximate surface area is 156 Å². The number of nitrogens with zero attached hydrogens (tertiary/aromatic N) is 4. The summed E-state index contributed by atoms with van der Waals surface area (Å²) in [4.78, 5) is 25.6. The fourth-order valence-electron chi connectivity index (χ4n) is 4.36. The summed E-state index contributed by atoms with van der Waals surface area (Å²) in [5.74, 6) is 0.330. The number of carbonyl (C=O) groups excluding carboxylic acids is 1. The molecule has 1 aromatic heterocycles. The summed E-state index contributed by atoms with van der Waals surface area (Å²) in [7, 11) is 2.25. The van der Waals surface area contributed by atoms with Crippen LogP contribution in [0.5, 0.6) is 0 Å². The van der Waals surface area contributed by atoms with Crippen LogP contribution in [0.15, 0.2) is 0 Å². The van der Waals surface area contributed by atoms with Crippen LogP contribution in [0.4, 0.5) is 0 Å². The number of amides is 1. The molecule has 6 heteroatoms. The highest BCUT2D eigenvalue weighted by Gasteiger charge is 2.42. The minimum absolute atomic E-state index is 0.143. The van der Waals surface area contributed by atoms with Gasteiger partial charge in [-0.25, -0.2) is 4.98 Å². The van der Waals surface area contributed by atoms with E-state index in [1.807, 2.05) is 16.2 Å². The molecule has 2 fully saturated rings. The zero-order valence-corrected chi connectivity index (χ0v) is 17.0. The molecule has 0 radical (unpaired) electrons. The number of piperazine rings is 1. The molecule has 1 spiro atoms. The summed E-state index contributed by atoms with van der Waals surface area (Å²) in [5, 5.41) is 1.18. The van der Waals surface area contributed by atoms with E-state index < -0.39 is 0 Å². The van der Waals surface area contributed by atoms with Crippen LogP contribution >= 0.6 is 11.3 Å². The molecule has 1 aromatic rings. The second-order valence-corrected chi connectivity index (χ2v) is 8.82. The van der Waals surface area contributed by atoms with Gasteiger partial charge in [0.15, 0.2) is 0 Å². The molecular weight excluding hydrogens is 332 g/mol. The minimum Gasteiger partial charge on any atom is -0.343 e. The number of rotatable bonds is 4. The first-order valence-corrected chi connectivity index (χ1v) is 10.5. The quantitative estimate of drug-likeness (QED) is 0.823. The zero-order valence-electron chi connectivity index (χ0n) is 16.2. The Bertz CT molecular complexity index is 617. The third kappa shape index (κ3) is 3.91. The molecule has 140 valence electrons. The lowest BCUT2D eigenvalue weighted by Gasteiger charge is -2.49. The van der Waals surface area contributed by atoms with Crippen LogP contribution in [0.2, 0.25) is 0 Å². The average molecular weight is 365 g/mol. The van der Waals surface area contributed by atoms with Gasteiger partial charge in [0.2, 0.25) is 5.91 Å². The second kappa shape index (κ2) is 7.72. The standard InChI is InChI=1S/C19H32N4OS/c1-5-16-17(25-15(3)20-16)13-22-12-11-21(4)19(14-22)8-7-18(24)23(6-2)10-9-19/h5-14H2,1-4H3/t19-/m1/s1. The molecule has 3 rings (SSSR count). The maximum Gasteiger partial charge on any atom is 0.222 e. The predicted octanol–water partition coefficient (Wildman–Crippen LogP) is 2.53. The van der Waals surface area contributed by atoms with Crippen molar-refractivity contribution in [3.63, 3.8) is 0 Å². The molecule has 0 aliphatic carbocycles. The van der Waals surface area contributed by atoms with E-state index in [1.165, 1.54) is 15.6 Å². The average Bonchev–Trinajstić information content (AvgIpc) is 2.87. The first-order valence-electron chi connectivity index (χ1n) is 9.64. The normalized spacial score (nSPS) is 26.4. The summed E-state index contributed by atoms with van der Waals surface area (Å²) in [5.41, 5.74) is 1.41. The lowest BCUT2D eigenvalue weighted by atomic mass is 9.86. The number of hydrogen-bond acceptors (Lipinski definition) is 5. The Morgan fingerprint density at radius 3 is 2.72 bits per heavy atom. The van der Waals surface area contributed by atoms with Crippen LogP contribution in [-0.2, 0) is 17.8 Å². The number of likely N-dealkylation sites (N-methyl/N-ethyl adjacent to an activating group) is 1. The highest BCUT2D eigenvalue weighted by molar-refractivity contribution is 7.11.